The van der Waals surface area contributed by atoms with E-state index in [1.165, 1.54) is 11.5 Å². The number of anilines is 1. The van der Waals surface area contributed by atoms with Crippen molar-refractivity contribution < 1.29 is 4.92 Å². The second-order valence-electron chi connectivity index (χ2n) is 4.49. The first-order valence-electron chi connectivity index (χ1n) is 6.32. The summed E-state index contributed by atoms with van der Waals surface area (Å²) >= 11 is 1.98. The fraction of sp³-hybridized carbons (Fsp3) is 0.538. The van der Waals surface area contributed by atoms with Gasteiger partial charge in [0.15, 0.2) is 0 Å². The van der Waals surface area contributed by atoms with Crippen LogP contribution in [0.1, 0.15) is 25.3 Å². The van der Waals surface area contributed by atoms with Crippen molar-refractivity contribution in [1.29, 1.82) is 0 Å². The van der Waals surface area contributed by atoms with Crippen molar-refractivity contribution in [3.05, 3.63) is 33.9 Å². The third-order valence-electron chi connectivity index (χ3n) is 3.25. The number of rotatable bonds is 4. The minimum Gasteiger partial charge on any atom is -0.382 e. The largest absolute Gasteiger partial charge is 0.382 e. The van der Waals surface area contributed by atoms with Gasteiger partial charge in [-0.3, -0.25) is 10.1 Å². The van der Waals surface area contributed by atoms with Crippen molar-refractivity contribution in [2.75, 3.05) is 16.8 Å². The minimum atomic E-state index is -0.291. The van der Waals surface area contributed by atoms with Crippen LogP contribution < -0.4 is 5.32 Å². The Kier molecular flexibility index (Phi) is 4.47. The molecule has 98 valence electrons. The van der Waals surface area contributed by atoms with Crippen LogP contribution in [-0.2, 0) is 6.42 Å². The molecule has 2 rings (SSSR count). The Bertz CT molecular complexity index is 431. The molecule has 0 radical (unpaired) electrons. The summed E-state index contributed by atoms with van der Waals surface area (Å²) in [6.45, 7) is 1.94. The molecule has 0 aromatic heterocycles. The Hall–Kier alpha value is -1.23. The highest BCUT2D eigenvalue weighted by Gasteiger charge is 2.16. The van der Waals surface area contributed by atoms with Crippen LogP contribution in [0.4, 0.5) is 11.4 Å². The minimum absolute atomic E-state index is 0.229. The van der Waals surface area contributed by atoms with Gasteiger partial charge in [0.25, 0.3) is 5.69 Å². The van der Waals surface area contributed by atoms with E-state index in [2.05, 4.69) is 5.32 Å². The molecule has 4 nitrogen and oxygen atoms in total. The summed E-state index contributed by atoms with van der Waals surface area (Å²) in [5.41, 5.74) is 1.90. The van der Waals surface area contributed by atoms with E-state index in [1.54, 1.807) is 6.07 Å². The lowest BCUT2D eigenvalue weighted by Crippen LogP contribution is -2.24. The highest BCUT2D eigenvalue weighted by atomic mass is 32.2. The molecule has 0 atom stereocenters. The molecule has 0 saturated carbocycles. The number of nitrogens with one attached hydrogen (secondary N) is 1. The number of nitro benzene ring substituents is 1. The molecule has 0 unspecified atom stereocenters. The van der Waals surface area contributed by atoms with Crippen molar-refractivity contribution >= 4 is 23.1 Å². The number of nitrogens with zero attached hydrogens (tertiary/aromatic N) is 1. The van der Waals surface area contributed by atoms with Crippen LogP contribution in [0.25, 0.3) is 0 Å². The van der Waals surface area contributed by atoms with Gasteiger partial charge < -0.3 is 5.32 Å². The fourth-order valence-corrected chi connectivity index (χ4v) is 3.31. The first-order valence-corrected chi connectivity index (χ1v) is 7.47. The number of hydrogen-bond acceptors (Lipinski definition) is 4. The van der Waals surface area contributed by atoms with E-state index in [-0.39, 0.29) is 10.6 Å². The van der Waals surface area contributed by atoms with Gasteiger partial charge in [-0.25, -0.2) is 0 Å². The number of benzene rings is 1. The molecule has 1 N–H and O–H groups in total. The maximum Gasteiger partial charge on any atom is 0.274 e. The topological polar surface area (TPSA) is 55.2 Å². The van der Waals surface area contributed by atoms with E-state index in [0.29, 0.717) is 12.5 Å². The summed E-state index contributed by atoms with van der Waals surface area (Å²) in [5, 5.41) is 14.4. The standard InChI is InChI=1S/C13H18N2O2S/c1-2-10-3-4-12(9-13(10)15(16)17)14-11-5-7-18-8-6-11/h3-4,9,11,14H,2,5-8H2,1H3. The van der Waals surface area contributed by atoms with E-state index in [0.717, 1.165) is 24.1 Å². The lowest BCUT2D eigenvalue weighted by Gasteiger charge is -2.23. The zero-order chi connectivity index (χ0) is 13.0. The third kappa shape index (κ3) is 3.16. The van der Waals surface area contributed by atoms with Gasteiger partial charge in [-0.2, -0.15) is 11.8 Å². The smallest absolute Gasteiger partial charge is 0.274 e. The molecule has 1 aliphatic rings. The molecule has 1 aliphatic heterocycles. The van der Waals surface area contributed by atoms with Crippen LogP contribution in [0.5, 0.6) is 0 Å². The Balaban J connectivity index is 2.13. The summed E-state index contributed by atoms with van der Waals surface area (Å²) in [6.07, 6.45) is 2.96. The van der Waals surface area contributed by atoms with Gasteiger partial charge in [0.2, 0.25) is 0 Å². The van der Waals surface area contributed by atoms with Crippen LogP contribution >= 0.6 is 11.8 Å². The quantitative estimate of drug-likeness (QED) is 0.669. The van der Waals surface area contributed by atoms with Crippen molar-refractivity contribution in [3.63, 3.8) is 0 Å². The normalized spacial score (nSPS) is 16.5. The van der Waals surface area contributed by atoms with Gasteiger partial charge in [0, 0.05) is 23.4 Å². The summed E-state index contributed by atoms with van der Waals surface area (Å²) in [4.78, 5) is 10.7. The van der Waals surface area contributed by atoms with Crippen molar-refractivity contribution in [2.24, 2.45) is 0 Å². The molecule has 18 heavy (non-hydrogen) atoms. The highest BCUT2D eigenvalue weighted by Crippen LogP contribution is 2.26. The average Bonchev–Trinajstić information content (AvgIpc) is 2.40. The first kappa shape index (κ1) is 13.2. The van der Waals surface area contributed by atoms with Crippen LogP contribution in [0.2, 0.25) is 0 Å². The molecule has 5 heteroatoms. The van der Waals surface area contributed by atoms with E-state index in [9.17, 15) is 10.1 Å². The van der Waals surface area contributed by atoms with Crippen LogP contribution in [-0.4, -0.2) is 22.5 Å². The van der Waals surface area contributed by atoms with Gasteiger partial charge >= 0.3 is 0 Å². The Morgan fingerprint density at radius 1 is 1.44 bits per heavy atom. The Morgan fingerprint density at radius 3 is 2.78 bits per heavy atom. The summed E-state index contributed by atoms with van der Waals surface area (Å²) in [5.74, 6) is 2.35. The molecule has 0 spiro atoms. The maximum atomic E-state index is 11.0. The molecule has 1 heterocycles. The number of nitro groups is 1. The molecule has 0 bridgehead atoms. The monoisotopic (exact) mass is 266 g/mol. The number of aryl methyl sites for hydroxylation is 1. The predicted molar refractivity (Wildman–Crippen MR) is 76.4 cm³/mol. The Labute approximate surface area is 111 Å². The molecule has 1 aromatic rings. The predicted octanol–water partition coefficient (Wildman–Crippen LogP) is 3.46. The van der Waals surface area contributed by atoms with Gasteiger partial charge in [0.1, 0.15) is 0 Å². The molecular weight excluding hydrogens is 248 g/mol. The van der Waals surface area contributed by atoms with Gasteiger partial charge in [-0.05, 0) is 36.8 Å². The summed E-state index contributed by atoms with van der Waals surface area (Å²) in [6, 6.07) is 5.94. The van der Waals surface area contributed by atoms with E-state index < -0.39 is 0 Å². The van der Waals surface area contributed by atoms with E-state index >= 15 is 0 Å². The molecule has 0 amide bonds. The van der Waals surface area contributed by atoms with Crippen LogP contribution in [0.3, 0.4) is 0 Å². The molecule has 1 fully saturated rings. The first-order chi connectivity index (χ1) is 8.70. The third-order valence-corrected chi connectivity index (χ3v) is 4.30. The second-order valence-corrected chi connectivity index (χ2v) is 5.71. The molecule has 0 aliphatic carbocycles. The van der Waals surface area contributed by atoms with E-state index in [4.69, 9.17) is 0 Å². The number of hydrogen-bond donors (Lipinski definition) is 1. The fourth-order valence-electron chi connectivity index (χ4n) is 2.20. The SMILES string of the molecule is CCc1ccc(NC2CCSCC2)cc1[N+](=O)[O-]. The zero-order valence-corrected chi connectivity index (χ0v) is 11.3. The molecular formula is C13H18N2O2S. The van der Waals surface area contributed by atoms with Gasteiger partial charge in [0.05, 0.1) is 4.92 Å². The molecule has 1 aromatic carbocycles. The summed E-state index contributed by atoms with van der Waals surface area (Å²) < 4.78 is 0. The lowest BCUT2D eigenvalue weighted by molar-refractivity contribution is -0.385. The molecule has 1 saturated heterocycles. The van der Waals surface area contributed by atoms with Gasteiger partial charge in [-0.15, -0.1) is 0 Å². The Morgan fingerprint density at radius 2 is 2.17 bits per heavy atom. The van der Waals surface area contributed by atoms with Crippen molar-refractivity contribution in [2.45, 2.75) is 32.2 Å². The number of thioether (sulfide) groups is 1. The average molecular weight is 266 g/mol. The maximum absolute atomic E-state index is 11.0. The van der Waals surface area contributed by atoms with E-state index in [1.807, 2.05) is 30.8 Å². The zero-order valence-electron chi connectivity index (χ0n) is 10.5. The van der Waals surface area contributed by atoms with Crippen LogP contribution in [0.15, 0.2) is 18.2 Å². The van der Waals surface area contributed by atoms with Crippen molar-refractivity contribution in [1.82, 2.24) is 0 Å². The second kappa shape index (κ2) is 6.09. The summed E-state index contributed by atoms with van der Waals surface area (Å²) in [7, 11) is 0. The lowest BCUT2D eigenvalue weighted by atomic mass is 10.1. The highest BCUT2D eigenvalue weighted by molar-refractivity contribution is 7.99. The van der Waals surface area contributed by atoms with Crippen molar-refractivity contribution in [3.8, 4) is 0 Å². The van der Waals surface area contributed by atoms with Crippen LogP contribution in [0, 0.1) is 10.1 Å². The van der Waals surface area contributed by atoms with Gasteiger partial charge in [-0.1, -0.05) is 13.0 Å².